The Morgan fingerprint density at radius 3 is 2.80 bits per heavy atom. The van der Waals surface area contributed by atoms with E-state index in [4.69, 9.17) is 0 Å². The van der Waals surface area contributed by atoms with Crippen molar-refractivity contribution in [1.82, 2.24) is 20.5 Å². The lowest BCUT2D eigenvalue weighted by Crippen LogP contribution is -2.53. The lowest BCUT2D eigenvalue weighted by atomic mass is 10.1. The van der Waals surface area contributed by atoms with E-state index >= 15 is 0 Å². The first-order valence-corrected chi connectivity index (χ1v) is 6.92. The van der Waals surface area contributed by atoms with E-state index in [1.807, 2.05) is 6.92 Å². The molecule has 108 valence electrons. The third-order valence-electron chi connectivity index (χ3n) is 3.36. The van der Waals surface area contributed by atoms with Crippen LogP contribution in [0.1, 0.15) is 23.7 Å². The zero-order valence-corrected chi connectivity index (χ0v) is 11.6. The lowest BCUT2D eigenvalue weighted by Gasteiger charge is -2.30. The second kappa shape index (κ2) is 7.00. The Kier molecular flexibility index (Phi) is 5.06. The fraction of sp³-hybridized carbons (Fsp3) is 0.500. The topological polar surface area (TPSA) is 74.3 Å². The molecular weight excluding hydrogens is 256 g/mol. The van der Waals surface area contributed by atoms with Crippen molar-refractivity contribution in [3.05, 3.63) is 30.1 Å². The molecule has 2 amide bonds. The molecule has 1 fully saturated rings. The van der Waals surface area contributed by atoms with Gasteiger partial charge in [-0.1, -0.05) is 6.92 Å². The minimum atomic E-state index is -0.471. The predicted molar refractivity (Wildman–Crippen MR) is 75.2 cm³/mol. The standard InChI is InChI=1S/C14H20N4O2/c1-2-12(14(20)18-8-6-15-7-9-18)17-13(19)11-4-3-5-16-10-11/h3-5,10,12,15H,2,6-9H2,1H3,(H,17,19). The maximum Gasteiger partial charge on any atom is 0.253 e. The first-order chi connectivity index (χ1) is 9.72. The van der Waals surface area contributed by atoms with Crippen molar-refractivity contribution in [3.8, 4) is 0 Å². The van der Waals surface area contributed by atoms with Crippen LogP contribution in [-0.4, -0.2) is 53.9 Å². The van der Waals surface area contributed by atoms with E-state index in [0.717, 1.165) is 13.1 Å². The Balaban J connectivity index is 1.97. The first-order valence-electron chi connectivity index (χ1n) is 6.92. The number of carbonyl (C=O) groups excluding carboxylic acids is 2. The molecule has 2 rings (SSSR count). The molecule has 6 heteroatoms. The Labute approximate surface area is 118 Å². The molecule has 0 aromatic carbocycles. The Bertz CT molecular complexity index is 458. The molecule has 0 aliphatic carbocycles. The smallest absolute Gasteiger partial charge is 0.253 e. The number of aromatic nitrogens is 1. The van der Waals surface area contributed by atoms with Crippen LogP contribution in [0.3, 0.4) is 0 Å². The van der Waals surface area contributed by atoms with Gasteiger partial charge in [0.1, 0.15) is 6.04 Å². The molecule has 0 bridgehead atoms. The predicted octanol–water partition coefficient (Wildman–Crippen LogP) is 0.0218. The van der Waals surface area contributed by atoms with Gasteiger partial charge in [0.05, 0.1) is 5.56 Å². The normalized spacial score (nSPS) is 16.6. The quantitative estimate of drug-likeness (QED) is 0.813. The number of piperazine rings is 1. The fourth-order valence-electron chi connectivity index (χ4n) is 2.18. The molecule has 1 aliphatic rings. The van der Waals surface area contributed by atoms with Gasteiger partial charge in [0.2, 0.25) is 5.91 Å². The summed E-state index contributed by atoms with van der Waals surface area (Å²) in [6.07, 6.45) is 3.69. The van der Waals surface area contributed by atoms with Crippen molar-refractivity contribution in [2.24, 2.45) is 0 Å². The monoisotopic (exact) mass is 276 g/mol. The van der Waals surface area contributed by atoms with Gasteiger partial charge in [-0.25, -0.2) is 0 Å². The number of nitrogens with one attached hydrogen (secondary N) is 2. The average molecular weight is 276 g/mol. The second-order valence-corrected chi connectivity index (χ2v) is 4.75. The minimum absolute atomic E-state index is 0.00811. The van der Waals surface area contributed by atoms with Gasteiger partial charge in [-0.2, -0.15) is 0 Å². The third-order valence-corrected chi connectivity index (χ3v) is 3.36. The van der Waals surface area contributed by atoms with Gasteiger partial charge in [-0.15, -0.1) is 0 Å². The Morgan fingerprint density at radius 2 is 2.20 bits per heavy atom. The summed E-state index contributed by atoms with van der Waals surface area (Å²) in [4.78, 5) is 30.1. The maximum absolute atomic E-state index is 12.4. The summed E-state index contributed by atoms with van der Waals surface area (Å²) in [7, 11) is 0. The van der Waals surface area contributed by atoms with Gasteiger partial charge in [-0.05, 0) is 18.6 Å². The van der Waals surface area contributed by atoms with Crippen molar-refractivity contribution in [1.29, 1.82) is 0 Å². The van der Waals surface area contributed by atoms with Crippen LogP contribution in [0, 0.1) is 0 Å². The van der Waals surface area contributed by atoms with Crippen LogP contribution in [0.25, 0.3) is 0 Å². The van der Waals surface area contributed by atoms with E-state index in [1.165, 1.54) is 6.20 Å². The molecule has 0 spiro atoms. The van der Waals surface area contributed by atoms with Crippen LogP contribution >= 0.6 is 0 Å². The number of nitrogens with zero attached hydrogens (tertiary/aromatic N) is 2. The van der Waals surface area contributed by atoms with E-state index in [1.54, 1.807) is 23.2 Å². The molecule has 0 radical (unpaired) electrons. The number of amides is 2. The molecule has 1 atom stereocenters. The summed E-state index contributed by atoms with van der Waals surface area (Å²) in [5.41, 5.74) is 0.471. The summed E-state index contributed by atoms with van der Waals surface area (Å²) in [6.45, 7) is 4.89. The van der Waals surface area contributed by atoms with Gasteiger partial charge in [0.25, 0.3) is 5.91 Å². The van der Waals surface area contributed by atoms with Crippen LogP contribution in [0.4, 0.5) is 0 Å². The largest absolute Gasteiger partial charge is 0.340 e. The summed E-state index contributed by atoms with van der Waals surface area (Å²) in [5.74, 6) is -0.264. The molecule has 6 nitrogen and oxygen atoms in total. The number of rotatable bonds is 4. The lowest BCUT2D eigenvalue weighted by molar-refractivity contribution is -0.133. The van der Waals surface area contributed by atoms with Crippen LogP contribution < -0.4 is 10.6 Å². The van der Waals surface area contributed by atoms with Crippen molar-refractivity contribution >= 4 is 11.8 Å². The van der Waals surface area contributed by atoms with Gasteiger partial charge in [-0.3, -0.25) is 14.6 Å². The summed E-state index contributed by atoms with van der Waals surface area (Å²) in [6, 6.07) is 2.92. The van der Waals surface area contributed by atoms with Gasteiger partial charge < -0.3 is 15.5 Å². The average Bonchev–Trinajstić information content (AvgIpc) is 2.53. The number of hydrogen-bond donors (Lipinski definition) is 2. The zero-order chi connectivity index (χ0) is 14.4. The molecule has 1 saturated heterocycles. The van der Waals surface area contributed by atoms with E-state index in [-0.39, 0.29) is 11.8 Å². The van der Waals surface area contributed by atoms with Crippen LogP contribution in [0.2, 0.25) is 0 Å². The Morgan fingerprint density at radius 1 is 1.45 bits per heavy atom. The molecule has 20 heavy (non-hydrogen) atoms. The second-order valence-electron chi connectivity index (χ2n) is 4.75. The molecule has 1 aliphatic heterocycles. The molecule has 0 saturated carbocycles. The van der Waals surface area contributed by atoms with E-state index in [2.05, 4.69) is 15.6 Å². The molecule has 1 aromatic heterocycles. The number of hydrogen-bond acceptors (Lipinski definition) is 4. The van der Waals surface area contributed by atoms with E-state index in [9.17, 15) is 9.59 Å². The van der Waals surface area contributed by atoms with E-state index in [0.29, 0.717) is 25.1 Å². The number of pyridine rings is 1. The van der Waals surface area contributed by atoms with Gasteiger partial charge >= 0.3 is 0 Å². The summed E-state index contributed by atoms with van der Waals surface area (Å²) >= 11 is 0. The van der Waals surface area contributed by atoms with Crippen molar-refractivity contribution in [3.63, 3.8) is 0 Å². The highest BCUT2D eigenvalue weighted by molar-refractivity contribution is 5.97. The SMILES string of the molecule is CCC(NC(=O)c1cccnc1)C(=O)N1CCNCC1. The highest BCUT2D eigenvalue weighted by Gasteiger charge is 2.25. The van der Waals surface area contributed by atoms with Crippen LogP contribution in [0.5, 0.6) is 0 Å². The molecule has 2 N–H and O–H groups in total. The maximum atomic E-state index is 12.4. The molecule has 1 unspecified atom stereocenters. The van der Waals surface area contributed by atoms with Crippen molar-refractivity contribution in [2.45, 2.75) is 19.4 Å². The molecule has 1 aromatic rings. The Hall–Kier alpha value is -1.95. The fourth-order valence-corrected chi connectivity index (χ4v) is 2.18. The highest BCUT2D eigenvalue weighted by Crippen LogP contribution is 2.04. The molecular formula is C14H20N4O2. The van der Waals surface area contributed by atoms with Gasteiger partial charge in [0, 0.05) is 38.6 Å². The van der Waals surface area contributed by atoms with Gasteiger partial charge in [0.15, 0.2) is 0 Å². The number of carbonyl (C=O) groups is 2. The van der Waals surface area contributed by atoms with Crippen LogP contribution in [0.15, 0.2) is 24.5 Å². The van der Waals surface area contributed by atoms with Crippen molar-refractivity contribution < 1.29 is 9.59 Å². The minimum Gasteiger partial charge on any atom is -0.340 e. The zero-order valence-electron chi connectivity index (χ0n) is 11.6. The molecule has 2 heterocycles. The van der Waals surface area contributed by atoms with Crippen molar-refractivity contribution in [2.75, 3.05) is 26.2 Å². The van der Waals surface area contributed by atoms with Crippen LogP contribution in [-0.2, 0) is 4.79 Å². The highest BCUT2D eigenvalue weighted by atomic mass is 16.2. The summed E-state index contributed by atoms with van der Waals surface area (Å²) < 4.78 is 0. The first kappa shape index (κ1) is 14.5. The summed E-state index contributed by atoms with van der Waals surface area (Å²) in [5, 5.41) is 5.99. The third kappa shape index (κ3) is 3.54. The van der Waals surface area contributed by atoms with E-state index < -0.39 is 6.04 Å².